The molecule has 1 heteroatoms. The summed E-state index contributed by atoms with van der Waals surface area (Å²) < 4.78 is 2.50. The van der Waals surface area contributed by atoms with E-state index in [9.17, 15) is 0 Å². The molecular formula is C39H25N. The normalized spacial score (nSPS) is 14.2. The molecule has 0 fully saturated rings. The van der Waals surface area contributed by atoms with Crippen molar-refractivity contribution in [2.75, 3.05) is 0 Å². The van der Waals surface area contributed by atoms with Gasteiger partial charge in [0.1, 0.15) is 0 Å². The van der Waals surface area contributed by atoms with E-state index in [2.05, 4.69) is 150 Å². The Morgan fingerprint density at radius 3 is 1.73 bits per heavy atom. The molecule has 40 heavy (non-hydrogen) atoms. The second-order valence-corrected chi connectivity index (χ2v) is 10.8. The molecule has 186 valence electrons. The van der Waals surface area contributed by atoms with Gasteiger partial charge in [-0.2, -0.15) is 0 Å². The predicted molar refractivity (Wildman–Crippen MR) is 169 cm³/mol. The summed E-state index contributed by atoms with van der Waals surface area (Å²) in [5.74, 6) is 0.121. The largest absolute Gasteiger partial charge is 0.309 e. The molecule has 0 saturated heterocycles. The van der Waals surface area contributed by atoms with Crippen LogP contribution in [0.15, 0.2) is 146 Å². The van der Waals surface area contributed by atoms with Gasteiger partial charge in [0.25, 0.3) is 0 Å². The van der Waals surface area contributed by atoms with E-state index in [-0.39, 0.29) is 5.92 Å². The van der Waals surface area contributed by atoms with Gasteiger partial charge in [-0.05, 0) is 67.6 Å². The summed E-state index contributed by atoms with van der Waals surface area (Å²) in [5.41, 5.74) is 10.6. The Morgan fingerprint density at radius 1 is 0.400 bits per heavy atom. The van der Waals surface area contributed by atoms with E-state index in [4.69, 9.17) is 0 Å². The van der Waals surface area contributed by atoms with Crippen molar-refractivity contribution in [2.45, 2.75) is 5.92 Å². The third-order valence-corrected chi connectivity index (χ3v) is 8.84. The van der Waals surface area contributed by atoms with Gasteiger partial charge >= 0.3 is 0 Å². The lowest BCUT2D eigenvalue weighted by molar-refractivity contribution is 1.02. The molecule has 0 spiro atoms. The summed E-state index contributed by atoms with van der Waals surface area (Å²) in [4.78, 5) is 0. The molecule has 8 aromatic rings. The number of hydrogen-bond acceptors (Lipinski definition) is 0. The van der Waals surface area contributed by atoms with Gasteiger partial charge in [0.15, 0.2) is 0 Å². The lowest BCUT2D eigenvalue weighted by Crippen LogP contribution is -2.03. The molecule has 0 amide bonds. The Kier molecular flexibility index (Phi) is 4.45. The fraction of sp³-hybridized carbons (Fsp3) is 0.0256. The summed E-state index contributed by atoms with van der Waals surface area (Å²) in [6, 6.07) is 53.5. The van der Waals surface area contributed by atoms with Crippen molar-refractivity contribution in [3.63, 3.8) is 0 Å². The van der Waals surface area contributed by atoms with E-state index in [1.54, 1.807) is 0 Å². The van der Waals surface area contributed by atoms with Crippen LogP contribution >= 0.6 is 0 Å². The summed E-state index contributed by atoms with van der Waals surface area (Å²) in [6.45, 7) is 0. The topological polar surface area (TPSA) is 4.93 Å². The molecule has 1 aromatic heterocycles. The Hall–Kier alpha value is -5.14. The average Bonchev–Trinajstić information content (AvgIpc) is 3.56. The van der Waals surface area contributed by atoms with Crippen molar-refractivity contribution in [2.24, 2.45) is 0 Å². The maximum atomic E-state index is 2.50. The molecule has 0 bridgehead atoms. The van der Waals surface area contributed by atoms with Gasteiger partial charge in [-0.1, -0.05) is 127 Å². The summed E-state index contributed by atoms with van der Waals surface area (Å²) in [6.07, 6.45) is 0. The van der Waals surface area contributed by atoms with E-state index >= 15 is 0 Å². The SMILES string of the molecule is c1ccc(C2c3c(c4ccccc4c4ccccc34)-c3ccc4c5ccccc5n(-c5ccccc5)c4c32)cc1. The second kappa shape index (κ2) is 8.18. The molecule has 0 saturated carbocycles. The fourth-order valence-corrected chi connectivity index (χ4v) is 7.32. The van der Waals surface area contributed by atoms with Crippen LogP contribution < -0.4 is 0 Å². The molecule has 1 atom stereocenters. The Balaban J connectivity index is 1.55. The van der Waals surface area contributed by atoms with E-state index in [0.29, 0.717) is 0 Å². The highest BCUT2D eigenvalue weighted by atomic mass is 15.0. The standard InChI is InChI=1S/C39H25N/c1-3-13-25(14-4-1)35-37-31-21-10-8-18-28(31)27-17-7-9-20-30(27)36(37)33-24-23-32-29-19-11-12-22-34(29)40(39(32)38(33)35)26-15-5-2-6-16-26/h1-24,35H. The number of benzene rings is 7. The molecule has 1 unspecified atom stereocenters. The summed E-state index contributed by atoms with van der Waals surface area (Å²) >= 11 is 0. The Morgan fingerprint density at radius 2 is 0.975 bits per heavy atom. The summed E-state index contributed by atoms with van der Waals surface area (Å²) in [7, 11) is 0. The highest BCUT2D eigenvalue weighted by Gasteiger charge is 2.36. The zero-order valence-corrected chi connectivity index (χ0v) is 21.9. The van der Waals surface area contributed by atoms with Crippen LogP contribution in [0.5, 0.6) is 0 Å². The zero-order chi connectivity index (χ0) is 26.2. The van der Waals surface area contributed by atoms with Gasteiger partial charge in [0.2, 0.25) is 0 Å². The van der Waals surface area contributed by atoms with Gasteiger partial charge < -0.3 is 4.57 Å². The van der Waals surface area contributed by atoms with Crippen molar-refractivity contribution < 1.29 is 0 Å². The Bertz CT molecular complexity index is 2260. The van der Waals surface area contributed by atoms with Crippen LogP contribution in [0.2, 0.25) is 0 Å². The van der Waals surface area contributed by atoms with E-state index in [1.807, 2.05) is 0 Å². The minimum atomic E-state index is 0.121. The molecule has 1 heterocycles. The van der Waals surface area contributed by atoms with E-state index in [0.717, 1.165) is 0 Å². The minimum Gasteiger partial charge on any atom is -0.309 e. The monoisotopic (exact) mass is 507 g/mol. The van der Waals surface area contributed by atoms with Crippen LogP contribution in [0.25, 0.3) is 60.2 Å². The highest BCUT2D eigenvalue weighted by Crippen LogP contribution is 2.56. The van der Waals surface area contributed by atoms with Crippen molar-refractivity contribution in [1.82, 2.24) is 4.57 Å². The van der Waals surface area contributed by atoms with Crippen LogP contribution in [0.4, 0.5) is 0 Å². The quantitative estimate of drug-likeness (QED) is 0.205. The van der Waals surface area contributed by atoms with Gasteiger partial charge in [-0.25, -0.2) is 0 Å². The molecule has 1 aliphatic rings. The van der Waals surface area contributed by atoms with Crippen molar-refractivity contribution in [3.05, 3.63) is 162 Å². The molecule has 1 nitrogen and oxygen atoms in total. The van der Waals surface area contributed by atoms with Gasteiger partial charge in [0.05, 0.1) is 11.0 Å². The van der Waals surface area contributed by atoms with Crippen LogP contribution in [-0.2, 0) is 0 Å². The van der Waals surface area contributed by atoms with Gasteiger partial charge in [0, 0.05) is 22.4 Å². The number of para-hydroxylation sites is 2. The van der Waals surface area contributed by atoms with E-state index in [1.165, 1.54) is 76.9 Å². The molecule has 0 N–H and O–H groups in total. The van der Waals surface area contributed by atoms with Crippen molar-refractivity contribution >= 4 is 43.4 Å². The van der Waals surface area contributed by atoms with Crippen molar-refractivity contribution in [1.29, 1.82) is 0 Å². The molecule has 1 aliphatic carbocycles. The molecule has 7 aromatic carbocycles. The zero-order valence-electron chi connectivity index (χ0n) is 21.9. The van der Waals surface area contributed by atoms with Gasteiger partial charge in [-0.15, -0.1) is 0 Å². The lowest BCUT2D eigenvalue weighted by Gasteiger charge is -2.19. The van der Waals surface area contributed by atoms with Crippen LogP contribution in [0, 0.1) is 0 Å². The predicted octanol–water partition coefficient (Wildman–Crippen LogP) is 10.3. The Labute approximate surface area is 232 Å². The van der Waals surface area contributed by atoms with Crippen molar-refractivity contribution in [3.8, 4) is 16.8 Å². The minimum absolute atomic E-state index is 0.121. The molecule has 0 aliphatic heterocycles. The molecule has 9 rings (SSSR count). The smallest absolute Gasteiger partial charge is 0.0588 e. The first-order chi connectivity index (χ1) is 19.9. The average molecular weight is 508 g/mol. The maximum absolute atomic E-state index is 2.50. The number of fused-ring (bicyclic) bond motifs is 12. The second-order valence-electron chi connectivity index (χ2n) is 10.8. The lowest BCUT2D eigenvalue weighted by atomic mass is 9.84. The summed E-state index contributed by atoms with van der Waals surface area (Å²) in [5, 5.41) is 7.92. The number of aromatic nitrogens is 1. The number of rotatable bonds is 2. The molecular weight excluding hydrogens is 482 g/mol. The number of nitrogens with zero attached hydrogens (tertiary/aromatic N) is 1. The van der Waals surface area contributed by atoms with E-state index < -0.39 is 0 Å². The third-order valence-electron chi connectivity index (χ3n) is 8.84. The number of hydrogen-bond donors (Lipinski definition) is 0. The third kappa shape index (κ3) is 2.81. The maximum Gasteiger partial charge on any atom is 0.0588 e. The first-order valence-electron chi connectivity index (χ1n) is 14.0. The van der Waals surface area contributed by atoms with Crippen LogP contribution in [0.1, 0.15) is 22.6 Å². The molecule has 0 radical (unpaired) electrons. The van der Waals surface area contributed by atoms with Crippen LogP contribution in [0.3, 0.4) is 0 Å². The van der Waals surface area contributed by atoms with Crippen LogP contribution in [-0.4, -0.2) is 4.57 Å². The van der Waals surface area contributed by atoms with Gasteiger partial charge in [-0.3, -0.25) is 0 Å². The highest BCUT2D eigenvalue weighted by molar-refractivity contribution is 6.21. The first-order valence-corrected chi connectivity index (χ1v) is 14.0. The first kappa shape index (κ1) is 21.8. The fourth-order valence-electron chi connectivity index (χ4n) is 7.32.